The van der Waals surface area contributed by atoms with Gasteiger partial charge < -0.3 is 15.4 Å². The number of hydrogen-bond donors (Lipinski definition) is 2. The number of hydrogen-bond acceptors (Lipinski definition) is 7. The van der Waals surface area contributed by atoms with Crippen LogP contribution in [0, 0.1) is 0 Å². The van der Waals surface area contributed by atoms with Crippen LogP contribution in [-0.2, 0) is 11.0 Å². The number of rotatable bonds is 6. The van der Waals surface area contributed by atoms with Crippen molar-refractivity contribution in [2.75, 3.05) is 18.9 Å². The molecular weight excluding hydrogens is 554 g/mol. The van der Waals surface area contributed by atoms with Crippen molar-refractivity contribution in [3.05, 3.63) is 83.1 Å². The van der Waals surface area contributed by atoms with Crippen LogP contribution in [0.15, 0.2) is 54.7 Å². The summed E-state index contributed by atoms with van der Waals surface area (Å²) in [5.41, 5.74) is 4.04. The number of aromatic nitrogens is 4. The lowest BCUT2D eigenvalue weighted by Gasteiger charge is -2.32. The zero-order valence-electron chi connectivity index (χ0n) is 26.3. The first-order valence-electron chi connectivity index (χ1n) is 15.4. The highest BCUT2D eigenvalue weighted by Crippen LogP contribution is 2.40. The number of nitrogens with one attached hydrogen (secondary N) is 2. The van der Waals surface area contributed by atoms with Gasteiger partial charge in [-0.3, -0.25) is 14.1 Å². The summed E-state index contributed by atoms with van der Waals surface area (Å²) in [6, 6.07) is 14.9. The molecule has 4 heterocycles. The van der Waals surface area contributed by atoms with Gasteiger partial charge in [-0.25, -0.2) is 9.78 Å². The molecule has 2 amide bonds. The van der Waals surface area contributed by atoms with Gasteiger partial charge in [0, 0.05) is 23.7 Å². The highest BCUT2D eigenvalue weighted by Gasteiger charge is 2.40. The number of carbonyl (C=O) groups excluding carboxylic acids is 2. The van der Waals surface area contributed by atoms with Gasteiger partial charge in [0.15, 0.2) is 17.3 Å². The fraction of sp³-hybridized carbons (Fsp3) is 0.441. The van der Waals surface area contributed by atoms with Crippen LogP contribution < -0.4 is 15.4 Å². The van der Waals surface area contributed by atoms with Crippen molar-refractivity contribution in [2.45, 2.75) is 83.4 Å². The van der Waals surface area contributed by atoms with Crippen molar-refractivity contribution in [2.24, 2.45) is 0 Å². The molecule has 0 saturated carbocycles. The van der Waals surface area contributed by atoms with E-state index in [-0.39, 0.29) is 34.9 Å². The molecule has 10 heteroatoms. The van der Waals surface area contributed by atoms with Crippen molar-refractivity contribution in [1.82, 2.24) is 29.8 Å². The SMILES string of the molecule is CC(=O)c1cc(NC(=O)N[C@H]2CC[C@@H](Oc3ccc4nnc([C@]5(C)CCCN5C)n4c3)c3ccccc32)cc(C(C)(C)C)n1. The third kappa shape index (κ3) is 5.66. The van der Waals surface area contributed by atoms with Gasteiger partial charge in [0.1, 0.15) is 17.5 Å². The molecule has 6 rings (SSSR count). The van der Waals surface area contributed by atoms with Crippen molar-refractivity contribution < 1.29 is 14.3 Å². The van der Waals surface area contributed by atoms with E-state index in [0.717, 1.165) is 59.8 Å². The van der Waals surface area contributed by atoms with E-state index < -0.39 is 0 Å². The number of likely N-dealkylation sites (tertiary alicyclic amines) is 1. The highest BCUT2D eigenvalue weighted by atomic mass is 16.5. The third-order valence-electron chi connectivity index (χ3n) is 9.09. The molecule has 3 aromatic heterocycles. The summed E-state index contributed by atoms with van der Waals surface area (Å²) >= 11 is 0. The van der Waals surface area contributed by atoms with Gasteiger partial charge in [0.25, 0.3) is 0 Å². The minimum atomic E-state index is -0.333. The average Bonchev–Trinajstić information content (AvgIpc) is 3.56. The predicted octanol–water partition coefficient (Wildman–Crippen LogP) is 6.34. The predicted molar refractivity (Wildman–Crippen MR) is 169 cm³/mol. The smallest absolute Gasteiger partial charge is 0.319 e. The lowest BCUT2D eigenvalue weighted by Crippen LogP contribution is -2.37. The molecule has 2 N–H and O–H groups in total. The Morgan fingerprint density at radius 3 is 2.52 bits per heavy atom. The van der Waals surface area contributed by atoms with Crippen LogP contribution in [0.2, 0.25) is 0 Å². The third-order valence-corrected chi connectivity index (χ3v) is 9.09. The van der Waals surface area contributed by atoms with Gasteiger partial charge >= 0.3 is 6.03 Å². The van der Waals surface area contributed by atoms with Crippen LogP contribution in [-0.4, -0.2) is 49.9 Å². The molecule has 0 unspecified atom stereocenters. The van der Waals surface area contributed by atoms with Crippen LogP contribution >= 0.6 is 0 Å². The number of ether oxygens (including phenoxy) is 1. The second-order valence-electron chi connectivity index (χ2n) is 13.3. The van der Waals surface area contributed by atoms with Gasteiger partial charge in [-0.15, -0.1) is 10.2 Å². The molecule has 1 fully saturated rings. The van der Waals surface area contributed by atoms with Crippen molar-refractivity contribution >= 4 is 23.1 Å². The van der Waals surface area contributed by atoms with Crippen LogP contribution in [0.5, 0.6) is 5.75 Å². The Balaban J connectivity index is 1.20. The molecule has 1 aromatic carbocycles. The Morgan fingerprint density at radius 1 is 1.05 bits per heavy atom. The van der Waals surface area contributed by atoms with E-state index in [9.17, 15) is 9.59 Å². The van der Waals surface area contributed by atoms with Crippen LogP contribution in [0.3, 0.4) is 0 Å². The minimum absolute atomic E-state index is 0.147. The Kier molecular flexibility index (Phi) is 7.65. The standard InChI is InChI=1S/C34H41N7O3/c1-21(42)27-18-22(19-29(36-27)33(2,3)4)35-32(43)37-26-13-14-28(25-11-8-7-10-24(25)26)44-23-12-15-30-38-39-31(41(30)20-23)34(5)16-9-17-40(34)6/h7-8,10-12,15,18-20,26,28H,9,13-14,16-17H2,1-6H3,(H2,35,36,37,43)/t26-,28+,34-/m0/s1. The zero-order valence-corrected chi connectivity index (χ0v) is 26.3. The lowest BCUT2D eigenvalue weighted by atomic mass is 9.85. The summed E-state index contributed by atoms with van der Waals surface area (Å²) in [6.45, 7) is 10.8. The molecule has 4 aromatic rings. The van der Waals surface area contributed by atoms with Crippen molar-refractivity contribution in [3.63, 3.8) is 0 Å². The summed E-state index contributed by atoms with van der Waals surface area (Å²) < 4.78 is 8.67. The van der Waals surface area contributed by atoms with E-state index in [1.165, 1.54) is 6.92 Å². The fourth-order valence-electron chi connectivity index (χ4n) is 6.37. The number of pyridine rings is 2. The number of Topliss-reactive ketones (excluding diaryl/α,β-unsaturated/α-hetero) is 1. The maximum absolute atomic E-state index is 13.2. The van der Waals surface area contributed by atoms with Gasteiger partial charge in [-0.1, -0.05) is 45.0 Å². The zero-order chi connectivity index (χ0) is 31.2. The number of carbonyl (C=O) groups is 2. The number of ketones is 1. The second kappa shape index (κ2) is 11.3. The number of urea groups is 1. The Labute approximate surface area is 258 Å². The Hall–Kier alpha value is -4.31. The first kappa shape index (κ1) is 29.7. The molecular formula is C34H41N7O3. The topological polar surface area (TPSA) is 114 Å². The quantitative estimate of drug-likeness (QED) is 0.250. The Bertz CT molecular complexity index is 1730. The van der Waals surface area contributed by atoms with Crippen molar-refractivity contribution in [1.29, 1.82) is 0 Å². The molecule has 10 nitrogen and oxygen atoms in total. The van der Waals surface area contributed by atoms with Crippen molar-refractivity contribution in [3.8, 4) is 5.75 Å². The number of benzene rings is 1. The largest absolute Gasteiger partial charge is 0.484 e. The molecule has 230 valence electrons. The first-order chi connectivity index (χ1) is 20.9. The summed E-state index contributed by atoms with van der Waals surface area (Å²) in [6.07, 6.45) is 5.43. The first-order valence-corrected chi connectivity index (χ1v) is 15.4. The van der Waals surface area contributed by atoms with Crippen LogP contribution in [0.4, 0.5) is 10.5 Å². The molecule has 44 heavy (non-hydrogen) atoms. The summed E-state index contributed by atoms with van der Waals surface area (Å²) in [5.74, 6) is 1.53. The molecule has 3 atom stereocenters. The number of nitrogens with zero attached hydrogens (tertiary/aromatic N) is 5. The molecule has 0 bridgehead atoms. The van der Waals surface area contributed by atoms with E-state index >= 15 is 0 Å². The minimum Gasteiger partial charge on any atom is -0.484 e. The molecule has 0 radical (unpaired) electrons. The van der Waals surface area contributed by atoms with E-state index in [0.29, 0.717) is 17.8 Å². The number of fused-ring (bicyclic) bond motifs is 2. The Morgan fingerprint density at radius 2 is 1.82 bits per heavy atom. The molecule has 2 aliphatic rings. The summed E-state index contributed by atoms with van der Waals surface area (Å²) in [5, 5.41) is 15.1. The number of amides is 2. The van der Waals surface area contributed by atoms with Crippen LogP contribution in [0.1, 0.15) is 106 Å². The fourth-order valence-corrected chi connectivity index (χ4v) is 6.37. The van der Waals surface area contributed by atoms with E-state index in [4.69, 9.17) is 4.74 Å². The lowest BCUT2D eigenvalue weighted by molar-refractivity contribution is 0.101. The monoisotopic (exact) mass is 595 g/mol. The van der Waals surface area contributed by atoms with Gasteiger partial charge in [0.2, 0.25) is 0 Å². The molecule has 1 aliphatic heterocycles. The molecule has 0 spiro atoms. The second-order valence-corrected chi connectivity index (χ2v) is 13.3. The average molecular weight is 596 g/mol. The van der Waals surface area contributed by atoms with Gasteiger partial charge in [-0.2, -0.15) is 0 Å². The maximum atomic E-state index is 13.2. The summed E-state index contributed by atoms with van der Waals surface area (Å²) in [4.78, 5) is 32.2. The van der Waals surface area contributed by atoms with Crippen LogP contribution in [0.25, 0.3) is 5.65 Å². The maximum Gasteiger partial charge on any atom is 0.319 e. The normalized spacial score (nSPS) is 22.0. The summed E-state index contributed by atoms with van der Waals surface area (Å²) in [7, 11) is 2.14. The molecule has 1 aliphatic carbocycles. The van der Waals surface area contributed by atoms with Gasteiger partial charge in [0.05, 0.1) is 17.8 Å². The highest BCUT2D eigenvalue weighted by molar-refractivity contribution is 5.95. The van der Waals surface area contributed by atoms with Gasteiger partial charge in [-0.05, 0) is 81.6 Å². The molecule has 1 saturated heterocycles. The van der Waals surface area contributed by atoms with E-state index in [1.807, 2.05) is 63.4 Å². The van der Waals surface area contributed by atoms with E-state index in [2.05, 4.69) is 55.2 Å². The van der Waals surface area contributed by atoms with E-state index in [1.54, 1.807) is 6.07 Å². The number of anilines is 1.